The van der Waals surface area contributed by atoms with E-state index in [0.717, 1.165) is 34.5 Å². The van der Waals surface area contributed by atoms with E-state index in [0.29, 0.717) is 13.2 Å². The maximum Gasteiger partial charge on any atom is 0.166 e. The Kier molecular flexibility index (Phi) is 6.93. The smallest absolute Gasteiger partial charge is 0.166 e. The van der Waals surface area contributed by atoms with Crippen LogP contribution in [0.1, 0.15) is 30.0 Å². The minimum atomic E-state index is 0.678. The quantitative estimate of drug-likeness (QED) is 0.713. The van der Waals surface area contributed by atoms with E-state index in [1.54, 1.807) is 7.11 Å². The van der Waals surface area contributed by atoms with Gasteiger partial charge in [-0.05, 0) is 31.0 Å². The minimum absolute atomic E-state index is 0.678. The first-order valence-electron chi connectivity index (χ1n) is 7.90. The topological polar surface area (TPSA) is 30.5 Å². The van der Waals surface area contributed by atoms with Crippen molar-refractivity contribution in [2.24, 2.45) is 0 Å². The molecule has 0 aliphatic rings. The number of aryl methyl sites for hydroxylation is 1. The van der Waals surface area contributed by atoms with Gasteiger partial charge in [-0.1, -0.05) is 52.7 Å². The van der Waals surface area contributed by atoms with Crippen LogP contribution >= 0.6 is 15.9 Å². The lowest BCUT2D eigenvalue weighted by molar-refractivity contribution is 0.290. The van der Waals surface area contributed by atoms with Crippen LogP contribution in [0.2, 0.25) is 0 Å². The Morgan fingerprint density at radius 3 is 2.43 bits per heavy atom. The van der Waals surface area contributed by atoms with Gasteiger partial charge in [-0.25, -0.2) is 0 Å². The summed E-state index contributed by atoms with van der Waals surface area (Å²) in [5.41, 5.74) is 3.63. The van der Waals surface area contributed by atoms with E-state index in [1.165, 1.54) is 11.1 Å². The van der Waals surface area contributed by atoms with E-state index in [2.05, 4.69) is 59.4 Å². The van der Waals surface area contributed by atoms with Crippen molar-refractivity contribution in [2.75, 3.05) is 13.7 Å². The average molecular weight is 378 g/mol. The highest BCUT2D eigenvalue weighted by Crippen LogP contribution is 2.36. The van der Waals surface area contributed by atoms with Gasteiger partial charge in [0, 0.05) is 23.1 Å². The first-order valence-corrected chi connectivity index (χ1v) is 8.69. The number of rotatable bonds is 8. The van der Waals surface area contributed by atoms with E-state index in [4.69, 9.17) is 9.47 Å². The van der Waals surface area contributed by atoms with Gasteiger partial charge in [-0.2, -0.15) is 0 Å². The van der Waals surface area contributed by atoms with Gasteiger partial charge in [0.25, 0.3) is 0 Å². The molecule has 0 radical (unpaired) electrons. The third-order valence-corrected chi connectivity index (χ3v) is 4.33. The number of halogens is 1. The Morgan fingerprint density at radius 2 is 1.78 bits per heavy atom. The third-order valence-electron chi connectivity index (χ3n) is 3.59. The zero-order chi connectivity index (χ0) is 16.7. The molecule has 0 atom stereocenters. The summed E-state index contributed by atoms with van der Waals surface area (Å²) in [7, 11) is 1.67. The summed E-state index contributed by atoms with van der Waals surface area (Å²) < 4.78 is 12.4. The molecular formula is C19H24BrNO2. The Hall–Kier alpha value is -1.52. The molecule has 3 nitrogen and oxygen atoms in total. The molecule has 0 amide bonds. The number of hydrogen-bond acceptors (Lipinski definition) is 3. The largest absolute Gasteiger partial charge is 0.493 e. The number of benzene rings is 2. The zero-order valence-electron chi connectivity index (χ0n) is 14.0. The first-order chi connectivity index (χ1) is 11.2. The maximum atomic E-state index is 5.91. The van der Waals surface area contributed by atoms with Crippen molar-refractivity contribution < 1.29 is 9.47 Å². The van der Waals surface area contributed by atoms with E-state index < -0.39 is 0 Å². The van der Waals surface area contributed by atoms with Crippen LogP contribution in [0, 0.1) is 6.92 Å². The number of methoxy groups -OCH3 is 1. The van der Waals surface area contributed by atoms with Crippen LogP contribution in [0.25, 0.3) is 0 Å². The fourth-order valence-corrected chi connectivity index (χ4v) is 2.76. The molecule has 23 heavy (non-hydrogen) atoms. The monoisotopic (exact) mass is 377 g/mol. The molecule has 0 bridgehead atoms. The molecule has 0 fully saturated rings. The summed E-state index contributed by atoms with van der Waals surface area (Å²) in [6, 6.07) is 12.5. The molecule has 0 aliphatic carbocycles. The highest BCUT2D eigenvalue weighted by atomic mass is 79.9. The molecule has 0 saturated carbocycles. The maximum absolute atomic E-state index is 5.91. The van der Waals surface area contributed by atoms with Crippen LogP contribution in [-0.4, -0.2) is 13.7 Å². The van der Waals surface area contributed by atoms with Crippen molar-refractivity contribution in [3.63, 3.8) is 0 Å². The summed E-state index contributed by atoms with van der Waals surface area (Å²) in [6.45, 7) is 6.40. The van der Waals surface area contributed by atoms with Gasteiger partial charge in [0.1, 0.15) is 0 Å². The normalized spacial score (nSPS) is 10.6. The fourth-order valence-electron chi connectivity index (χ4n) is 2.31. The SMILES string of the molecule is CCCOc1c(OC)ccc(Br)c1CNCc1ccc(C)cc1. The van der Waals surface area contributed by atoms with E-state index >= 15 is 0 Å². The summed E-state index contributed by atoms with van der Waals surface area (Å²) in [4.78, 5) is 0. The second-order valence-corrected chi connectivity index (χ2v) is 6.35. The highest BCUT2D eigenvalue weighted by Gasteiger charge is 2.14. The average Bonchev–Trinajstić information content (AvgIpc) is 2.56. The van der Waals surface area contributed by atoms with Gasteiger partial charge in [-0.15, -0.1) is 0 Å². The number of nitrogens with one attached hydrogen (secondary N) is 1. The molecule has 0 spiro atoms. The fraction of sp³-hybridized carbons (Fsp3) is 0.368. The summed E-state index contributed by atoms with van der Waals surface area (Å²) in [5.74, 6) is 1.59. The molecule has 2 rings (SSSR count). The molecule has 0 saturated heterocycles. The summed E-state index contributed by atoms with van der Waals surface area (Å²) in [6.07, 6.45) is 0.964. The Balaban J connectivity index is 2.09. The predicted octanol–water partition coefficient (Wildman–Crippen LogP) is 4.84. The molecule has 0 aromatic heterocycles. The molecule has 2 aromatic carbocycles. The third kappa shape index (κ3) is 4.98. The van der Waals surface area contributed by atoms with Crippen molar-refractivity contribution in [2.45, 2.75) is 33.4 Å². The lowest BCUT2D eigenvalue weighted by atomic mass is 10.1. The van der Waals surface area contributed by atoms with Crippen molar-refractivity contribution >= 4 is 15.9 Å². The van der Waals surface area contributed by atoms with Gasteiger partial charge in [-0.3, -0.25) is 0 Å². The van der Waals surface area contributed by atoms with Gasteiger partial charge < -0.3 is 14.8 Å². The van der Waals surface area contributed by atoms with Crippen molar-refractivity contribution in [3.05, 3.63) is 57.6 Å². The summed E-state index contributed by atoms with van der Waals surface area (Å²) in [5, 5.41) is 3.48. The van der Waals surface area contributed by atoms with Gasteiger partial charge >= 0.3 is 0 Å². The highest BCUT2D eigenvalue weighted by molar-refractivity contribution is 9.10. The van der Waals surface area contributed by atoms with Gasteiger partial charge in [0.05, 0.1) is 13.7 Å². The Labute approximate surface area is 147 Å². The molecular weight excluding hydrogens is 354 g/mol. The molecule has 2 aromatic rings. The lowest BCUT2D eigenvalue weighted by Gasteiger charge is -2.17. The van der Waals surface area contributed by atoms with Crippen LogP contribution in [-0.2, 0) is 13.1 Å². The minimum Gasteiger partial charge on any atom is -0.493 e. The number of hydrogen-bond donors (Lipinski definition) is 1. The van der Waals surface area contributed by atoms with Crippen LogP contribution in [0.3, 0.4) is 0 Å². The molecule has 4 heteroatoms. The zero-order valence-corrected chi connectivity index (χ0v) is 15.6. The predicted molar refractivity (Wildman–Crippen MR) is 98.2 cm³/mol. The van der Waals surface area contributed by atoms with Crippen LogP contribution < -0.4 is 14.8 Å². The van der Waals surface area contributed by atoms with E-state index in [-0.39, 0.29) is 0 Å². The van der Waals surface area contributed by atoms with Gasteiger partial charge in [0.2, 0.25) is 0 Å². The number of ether oxygens (including phenoxy) is 2. The molecule has 1 N–H and O–H groups in total. The van der Waals surface area contributed by atoms with E-state index in [9.17, 15) is 0 Å². The van der Waals surface area contributed by atoms with Gasteiger partial charge in [0.15, 0.2) is 11.5 Å². The van der Waals surface area contributed by atoms with Crippen LogP contribution in [0.4, 0.5) is 0 Å². The van der Waals surface area contributed by atoms with Crippen molar-refractivity contribution in [3.8, 4) is 11.5 Å². The van der Waals surface area contributed by atoms with Crippen molar-refractivity contribution in [1.82, 2.24) is 5.32 Å². The molecule has 0 heterocycles. The Morgan fingerprint density at radius 1 is 1.04 bits per heavy atom. The molecule has 0 unspecified atom stereocenters. The van der Waals surface area contributed by atoms with Crippen LogP contribution in [0.15, 0.2) is 40.9 Å². The lowest BCUT2D eigenvalue weighted by Crippen LogP contribution is -2.14. The van der Waals surface area contributed by atoms with Crippen molar-refractivity contribution in [1.29, 1.82) is 0 Å². The Bertz CT molecular complexity index is 626. The summed E-state index contributed by atoms with van der Waals surface area (Å²) >= 11 is 3.62. The molecule has 124 valence electrons. The second-order valence-electron chi connectivity index (χ2n) is 5.49. The van der Waals surface area contributed by atoms with E-state index in [1.807, 2.05) is 12.1 Å². The first kappa shape index (κ1) is 17.8. The van der Waals surface area contributed by atoms with Crippen LogP contribution in [0.5, 0.6) is 11.5 Å². The second kappa shape index (κ2) is 8.94. The standard InChI is InChI=1S/C19H24BrNO2/c1-4-11-23-19-16(17(20)9-10-18(19)22-3)13-21-12-15-7-5-14(2)6-8-15/h5-10,21H,4,11-13H2,1-3H3. The molecule has 0 aliphatic heterocycles.